The number of nitrogens with zero attached hydrogens (tertiary/aromatic N) is 4. The van der Waals surface area contributed by atoms with Crippen LogP contribution in [0.2, 0.25) is 0 Å². The topological polar surface area (TPSA) is 160 Å². The molecule has 2 fully saturated rings. The molecule has 0 aliphatic carbocycles. The number of hydrogen-bond acceptors (Lipinski definition) is 9. The molecule has 5 rings (SSSR count). The van der Waals surface area contributed by atoms with Gasteiger partial charge in [-0.3, -0.25) is 30.0 Å². The van der Waals surface area contributed by atoms with Crippen molar-refractivity contribution >= 4 is 29.2 Å². The van der Waals surface area contributed by atoms with Crippen LogP contribution in [0.25, 0.3) is 0 Å². The van der Waals surface area contributed by atoms with Crippen LogP contribution in [0.1, 0.15) is 22.5 Å². The van der Waals surface area contributed by atoms with E-state index in [-0.39, 0.29) is 29.6 Å². The van der Waals surface area contributed by atoms with E-state index >= 15 is 0 Å². The lowest BCUT2D eigenvalue weighted by molar-refractivity contribution is -0.402. The third-order valence-corrected chi connectivity index (χ3v) is 5.46. The Labute approximate surface area is 186 Å². The van der Waals surface area contributed by atoms with E-state index in [1.54, 1.807) is 13.0 Å². The molecule has 3 atom stereocenters. The van der Waals surface area contributed by atoms with Crippen LogP contribution < -0.4 is 26.4 Å². The summed E-state index contributed by atoms with van der Waals surface area (Å²) < 4.78 is 6.41. The van der Waals surface area contributed by atoms with E-state index in [0.717, 1.165) is 11.8 Å². The largest absolute Gasteiger partial charge is 0.433 e. The van der Waals surface area contributed by atoms with E-state index in [9.17, 15) is 19.7 Å². The zero-order valence-corrected chi connectivity index (χ0v) is 17.4. The molecule has 4 heterocycles. The summed E-state index contributed by atoms with van der Waals surface area (Å²) in [4.78, 5) is 35.5. The summed E-state index contributed by atoms with van der Waals surface area (Å²) in [6.45, 7) is 2.20. The molecule has 0 radical (unpaired) electrons. The van der Waals surface area contributed by atoms with Gasteiger partial charge < -0.3 is 15.1 Å². The average molecular weight is 452 g/mol. The third-order valence-electron chi connectivity index (χ3n) is 5.46. The minimum Gasteiger partial charge on any atom is -0.395 e. The molecule has 2 aromatic heterocycles. The van der Waals surface area contributed by atoms with E-state index in [4.69, 9.17) is 4.42 Å². The number of amides is 2. The van der Waals surface area contributed by atoms with Crippen LogP contribution in [0, 0.1) is 23.0 Å². The first-order chi connectivity index (χ1) is 15.9. The second-order valence-electron chi connectivity index (χ2n) is 7.66. The van der Waals surface area contributed by atoms with Gasteiger partial charge in [-0.2, -0.15) is 5.10 Å². The first kappa shape index (κ1) is 20.7. The highest BCUT2D eigenvalue weighted by molar-refractivity contribution is 6.02. The predicted molar refractivity (Wildman–Crippen MR) is 115 cm³/mol. The molecule has 3 unspecified atom stereocenters. The van der Waals surface area contributed by atoms with Gasteiger partial charge in [0, 0.05) is 12.6 Å². The molecule has 33 heavy (non-hydrogen) atoms. The highest BCUT2D eigenvalue weighted by Gasteiger charge is 2.45. The van der Waals surface area contributed by atoms with Gasteiger partial charge in [0.2, 0.25) is 5.91 Å². The molecule has 13 nitrogen and oxygen atoms in total. The lowest BCUT2D eigenvalue weighted by Crippen LogP contribution is -2.61. The third kappa shape index (κ3) is 3.79. The van der Waals surface area contributed by atoms with Crippen LogP contribution in [0.4, 0.5) is 17.4 Å². The molecule has 2 aliphatic rings. The van der Waals surface area contributed by atoms with Crippen molar-refractivity contribution in [2.24, 2.45) is 5.92 Å². The summed E-state index contributed by atoms with van der Waals surface area (Å²) >= 11 is 0. The van der Waals surface area contributed by atoms with Crippen LogP contribution in [0.3, 0.4) is 0 Å². The maximum Gasteiger partial charge on any atom is 0.433 e. The van der Waals surface area contributed by atoms with Gasteiger partial charge in [-0.25, -0.2) is 10.1 Å². The number of aryl methyl sites for hydroxylation is 1. The molecular formula is C20H20N8O5. The standard InChI is InChI=1S/C20H20N8O5/c1-11-9-15(22-19(30)14-7-8-16(33-14)28(31)32)27(25-11)20-23-17-13(18(29)24-20)10-21-26(17)12-5-3-2-4-6-12/h2-9,13,17,20-21,23H,10H2,1H3,(H,22,30)(H,24,29). The Balaban J connectivity index is 1.39. The number of carbonyl (C=O) groups excluding carboxylic acids is 2. The van der Waals surface area contributed by atoms with Gasteiger partial charge in [0.25, 0.3) is 5.91 Å². The van der Waals surface area contributed by atoms with Crippen LogP contribution in [-0.4, -0.2) is 39.2 Å². The molecule has 2 saturated heterocycles. The Bertz CT molecular complexity index is 1220. The second kappa shape index (κ2) is 8.03. The van der Waals surface area contributed by atoms with Crippen LogP contribution in [-0.2, 0) is 4.79 Å². The number of carbonyl (C=O) groups is 2. The molecule has 1 aromatic carbocycles. The first-order valence-electron chi connectivity index (χ1n) is 10.2. The van der Waals surface area contributed by atoms with Crippen molar-refractivity contribution in [3.05, 3.63) is 70.1 Å². The molecule has 2 amide bonds. The van der Waals surface area contributed by atoms with E-state index in [2.05, 4.69) is 26.5 Å². The fourth-order valence-corrected chi connectivity index (χ4v) is 3.96. The first-order valence-corrected chi connectivity index (χ1v) is 10.2. The van der Waals surface area contributed by atoms with Gasteiger partial charge in [0.1, 0.15) is 16.9 Å². The molecule has 0 bridgehead atoms. The summed E-state index contributed by atoms with van der Waals surface area (Å²) in [5, 5.41) is 26.0. The average Bonchev–Trinajstić information content (AvgIpc) is 3.52. The van der Waals surface area contributed by atoms with Crippen molar-refractivity contribution < 1.29 is 18.9 Å². The number of hydrogen-bond donors (Lipinski definition) is 4. The molecule has 4 N–H and O–H groups in total. The van der Waals surface area contributed by atoms with Crippen molar-refractivity contribution in [2.75, 3.05) is 16.9 Å². The van der Waals surface area contributed by atoms with E-state index in [0.29, 0.717) is 12.2 Å². The van der Waals surface area contributed by atoms with Crippen molar-refractivity contribution in [3.63, 3.8) is 0 Å². The van der Waals surface area contributed by atoms with Crippen molar-refractivity contribution in [1.82, 2.24) is 25.8 Å². The fraction of sp³-hybridized carbons (Fsp3) is 0.250. The van der Waals surface area contributed by atoms with Crippen molar-refractivity contribution in [3.8, 4) is 0 Å². The van der Waals surface area contributed by atoms with Crippen molar-refractivity contribution in [1.29, 1.82) is 0 Å². The Hall–Kier alpha value is -4.23. The zero-order valence-electron chi connectivity index (χ0n) is 17.4. The second-order valence-corrected chi connectivity index (χ2v) is 7.66. The minimum atomic E-state index is -0.750. The number of nitrogens with one attached hydrogen (secondary N) is 4. The zero-order chi connectivity index (χ0) is 23.1. The van der Waals surface area contributed by atoms with Crippen LogP contribution in [0.15, 0.2) is 52.9 Å². The van der Waals surface area contributed by atoms with Gasteiger partial charge in [-0.05, 0) is 25.1 Å². The van der Waals surface area contributed by atoms with Gasteiger partial charge >= 0.3 is 5.88 Å². The van der Waals surface area contributed by atoms with Crippen LogP contribution >= 0.6 is 0 Å². The summed E-state index contributed by atoms with van der Waals surface area (Å²) in [6, 6.07) is 13.5. The molecule has 2 aliphatic heterocycles. The number of fused-ring (bicyclic) bond motifs is 1. The van der Waals surface area contributed by atoms with E-state index < -0.39 is 23.0 Å². The fourth-order valence-electron chi connectivity index (χ4n) is 3.96. The number of furan rings is 1. The summed E-state index contributed by atoms with van der Waals surface area (Å²) in [5.41, 5.74) is 4.74. The quantitative estimate of drug-likeness (QED) is 0.328. The monoisotopic (exact) mass is 452 g/mol. The molecule has 0 saturated carbocycles. The van der Waals surface area contributed by atoms with Crippen LogP contribution in [0.5, 0.6) is 0 Å². The maximum absolute atomic E-state index is 12.8. The maximum atomic E-state index is 12.8. The smallest absolute Gasteiger partial charge is 0.395 e. The number of rotatable bonds is 5. The lowest BCUT2D eigenvalue weighted by atomic mass is 10.0. The number of anilines is 2. The van der Waals surface area contributed by atoms with Gasteiger partial charge in [0.05, 0.1) is 23.4 Å². The minimum absolute atomic E-state index is 0.165. The molecule has 13 heteroatoms. The number of nitro groups is 1. The Morgan fingerprint density at radius 1 is 1.27 bits per heavy atom. The van der Waals surface area contributed by atoms with Crippen molar-refractivity contribution in [2.45, 2.75) is 19.4 Å². The number of para-hydroxylation sites is 1. The highest BCUT2D eigenvalue weighted by Crippen LogP contribution is 2.28. The van der Waals surface area contributed by atoms with Gasteiger partial charge in [-0.1, -0.05) is 18.2 Å². The summed E-state index contributed by atoms with van der Waals surface area (Å²) in [6.07, 6.45) is -1.10. The van der Waals surface area contributed by atoms with Gasteiger partial charge in [0.15, 0.2) is 12.0 Å². The molecular weight excluding hydrogens is 432 g/mol. The normalized spacial score (nSPS) is 22.0. The number of aromatic nitrogens is 2. The number of hydrazine groups is 1. The summed E-state index contributed by atoms with van der Waals surface area (Å²) in [7, 11) is 0. The Morgan fingerprint density at radius 3 is 2.79 bits per heavy atom. The van der Waals surface area contributed by atoms with Gasteiger partial charge in [-0.15, -0.1) is 0 Å². The highest BCUT2D eigenvalue weighted by atomic mass is 16.6. The van der Waals surface area contributed by atoms with E-state index in [1.165, 1.54) is 10.7 Å². The lowest BCUT2D eigenvalue weighted by Gasteiger charge is -2.37. The predicted octanol–water partition coefficient (Wildman–Crippen LogP) is 1.09. The Kier molecular flexibility index (Phi) is 5.03. The van der Waals surface area contributed by atoms with E-state index in [1.807, 2.05) is 35.3 Å². The SMILES string of the molecule is Cc1cc(NC(=O)c2ccc([N+](=O)[O-])o2)n(C2NC(=O)C3CNN(c4ccccc4)C3N2)n1. The Morgan fingerprint density at radius 2 is 2.06 bits per heavy atom. The summed E-state index contributed by atoms with van der Waals surface area (Å²) in [5.74, 6) is -1.65. The number of benzene rings is 1. The molecule has 0 spiro atoms. The molecule has 170 valence electrons. The molecule has 3 aromatic rings.